The Morgan fingerprint density at radius 1 is 0.927 bits per heavy atom. The number of para-hydroxylation sites is 2. The summed E-state index contributed by atoms with van der Waals surface area (Å²) in [5.74, 6) is 0.738. The molecule has 4 aliphatic rings. The van der Waals surface area contributed by atoms with Crippen molar-refractivity contribution in [3.63, 3.8) is 0 Å². The molecule has 0 radical (unpaired) electrons. The molecule has 2 amide bonds. The minimum Gasteiger partial charge on any atom is -0.349 e. The van der Waals surface area contributed by atoms with Crippen LogP contribution in [0.15, 0.2) is 71.5 Å². The molecule has 2 bridgehead atoms. The lowest BCUT2D eigenvalue weighted by Gasteiger charge is -2.46. The van der Waals surface area contributed by atoms with E-state index in [4.69, 9.17) is 0 Å². The molecule has 2 aromatic carbocycles. The van der Waals surface area contributed by atoms with E-state index in [0.29, 0.717) is 45.1 Å². The highest BCUT2D eigenvalue weighted by atomic mass is 16.2. The maximum atomic E-state index is 13.7. The fourth-order valence-electron chi connectivity index (χ4n) is 8.02. The van der Waals surface area contributed by atoms with E-state index >= 15 is 0 Å². The summed E-state index contributed by atoms with van der Waals surface area (Å²) in [6, 6.07) is 21.8. The summed E-state index contributed by atoms with van der Waals surface area (Å²) in [7, 11) is 2.07. The third kappa shape index (κ3) is 3.62. The molecule has 4 aliphatic heterocycles. The van der Waals surface area contributed by atoms with Crippen molar-refractivity contribution in [3.8, 4) is 0 Å². The Morgan fingerprint density at radius 2 is 1.76 bits per heavy atom. The summed E-state index contributed by atoms with van der Waals surface area (Å²) < 4.78 is 4.21. The lowest BCUT2D eigenvalue weighted by molar-refractivity contribution is -0.134. The van der Waals surface area contributed by atoms with Crippen LogP contribution in [-0.2, 0) is 24.3 Å². The highest BCUT2D eigenvalue weighted by Crippen LogP contribution is 2.44. The van der Waals surface area contributed by atoms with Crippen LogP contribution in [0.1, 0.15) is 52.2 Å². The number of carbonyl (C=O) groups excluding carboxylic acids is 2. The molecule has 41 heavy (non-hydrogen) atoms. The number of piperidine rings is 1. The maximum Gasteiger partial charge on any atom is 0.257 e. The van der Waals surface area contributed by atoms with Gasteiger partial charge in [0.15, 0.2) is 0 Å². The van der Waals surface area contributed by atoms with Crippen molar-refractivity contribution < 1.29 is 9.59 Å². The molecule has 3 atom stereocenters. The van der Waals surface area contributed by atoms with Gasteiger partial charge in [0.1, 0.15) is 6.17 Å². The molecule has 6 heterocycles. The predicted molar refractivity (Wildman–Crippen MR) is 157 cm³/mol. The Bertz CT molecular complexity index is 1790. The van der Waals surface area contributed by atoms with Gasteiger partial charge < -0.3 is 23.8 Å². The van der Waals surface area contributed by atoms with Crippen LogP contribution in [0.25, 0.3) is 10.9 Å². The second-order valence-corrected chi connectivity index (χ2v) is 12.0. The van der Waals surface area contributed by atoms with Crippen LogP contribution in [-0.4, -0.2) is 57.4 Å². The van der Waals surface area contributed by atoms with E-state index in [0.717, 1.165) is 41.0 Å². The van der Waals surface area contributed by atoms with E-state index in [1.807, 2.05) is 50.8 Å². The normalized spacial score (nSPS) is 22.7. The maximum absolute atomic E-state index is 13.7. The zero-order valence-electron chi connectivity index (χ0n) is 23.2. The first-order valence-corrected chi connectivity index (χ1v) is 14.7. The fraction of sp³-hybridized carbons (Fsp3) is 0.364. The van der Waals surface area contributed by atoms with Crippen LogP contribution in [0, 0.1) is 5.92 Å². The van der Waals surface area contributed by atoms with Crippen molar-refractivity contribution >= 4 is 28.4 Å². The number of hydrogen-bond donors (Lipinski definition) is 0. The molecular weight excluding hydrogens is 514 g/mol. The summed E-state index contributed by atoms with van der Waals surface area (Å²) in [5.41, 5.74) is 6.33. The molecule has 1 saturated heterocycles. The summed E-state index contributed by atoms with van der Waals surface area (Å²) in [6.45, 7) is 3.27. The number of anilines is 1. The van der Waals surface area contributed by atoms with Gasteiger partial charge in [0.25, 0.3) is 11.5 Å². The van der Waals surface area contributed by atoms with Gasteiger partial charge in [0, 0.05) is 74.8 Å². The molecule has 208 valence electrons. The average Bonchev–Trinajstić information content (AvgIpc) is 3.32. The van der Waals surface area contributed by atoms with E-state index in [2.05, 4.69) is 40.8 Å². The quantitative estimate of drug-likeness (QED) is 0.389. The Labute approximate surface area is 238 Å². The number of benzene rings is 2. The lowest BCUT2D eigenvalue weighted by Crippen LogP contribution is -2.51. The van der Waals surface area contributed by atoms with Gasteiger partial charge in [-0.15, -0.1) is 0 Å². The number of aryl methyl sites for hydroxylation is 1. The van der Waals surface area contributed by atoms with Gasteiger partial charge in [-0.25, -0.2) is 0 Å². The Balaban J connectivity index is 1.12. The summed E-state index contributed by atoms with van der Waals surface area (Å²) in [4.78, 5) is 46.0. The van der Waals surface area contributed by atoms with Gasteiger partial charge in [0.05, 0.1) is 16.9 Å². The zero-order chi connectivity index (χ0) is 27.8. The van der Waals surface area contributed by atoms with Crippen LogP contribution in [0.5, 0.6) is 0 Å². The molecule has 8 nitrogen and oxygen atoms in total. The number of carbonyl (C=O) groups is 2. The monoisotopic (exact) mass is 547 g/mol. The topological polar surface area (TPSA) is 70.8 Å². The highest BCUT2D eigenvalue weighted by Gasteiger charge is 2.43. The Hall–Kier alpha value is -4.33. The van der Waals surface area contributed by atoms with E-state index < -0.39 is 0 Å². The molecule has 4 aromatic rings. The molecule has 1 fully saturated rings. The lowest BCUT2D eigenvalue weighted by atomic mass is 9.83. The van der Waals surface area contributed by atoms with Gasteiger partial charge in [-0.3, -0.25) is 14.4 Å². The van der Waals surface area contributed by atoms with Crippen molar-refractivity contribution in [1.29, 1.82) is 0 Å². The van der Waals surface area contributed by atoms with E-state index in [1.54, 1.807) is 6.07 Å². The van der Waals surface area contributed by atoms with Crippen molar-refractivity contribution in [2.24, 2.45) is 5.92 Å². The van der Waals surface area contributed by atoms with Crippen LogP contribution in [0.4, 0.5) is 5.69 Å². The molecule has 3 unspecified atom stereocenters. The number of nitrogens with zero attached hydrogens (tertiary/aromatic N) is 5. The molecule has 8 rings (SSSR count). The number of fused-ring (bicyclic) bond motifs is 10. The third-order valence-electron chi connectivity index (χ3n) is 9.79. The molecule has 8 heteroatoms. The first kappa shape index (κ1) is 24.5. The number of aromatic nitrogens is 2. The smallest absolute Gasteiger partial charge is 0.257 e. The number of likely N-dealkylation sites (tertiary alicyclic amines) is 1. The summed E-state index contributed by atoms with van der Waals surface area (Å²) in [6.07, 6.45) is 2.01. The molecule has 2 aromatic heterocycles. The van der Waals surface area contributed by atoms with Crippen LogP contribution in [0.2, 0.25) is 0 Å². The van der Waals surface area contributed by atoms with E-state index in [1.165, 1.54) is 10.9 Å². The summed E-state index contributed by atoms with van der Waals surface area (Å²) >= 11 is 0. The first-order valence-electron chi connectivity index (χ1n) is 14.7. The standard InChI is InChI=1S/C33H33N5O3/c1-34-27-9-4-3-8-25(27)33(41)37-15-13-24-23-7-2-5-10-28(23)36(31(24)32(34)37)16-14-29(39)35-18-21-17-22(20-35)26-11-6-12-30(40)38(26)19-21/h2-12,21-22,32H,13-20H2,1H3. The molecular formula is C33H33N5O3. The van der Waals surface area contributed by atoms with Gasteiger partial charge in [0.2, 0.25) is 5.91 Å². The molecule has 0 spiro atoms. The van der Waals surface area contributed by atoms with E-state index in [9.17, 15) is 14.4 Å². The summed E-state index contributed by atoms with van der Waals surface area (Å²) in [5, 5.41) is 1.21. The highest BCUT2D eigenvalue weighted by molar-refractivity contribution is 6.02. The van der Waals surface area contributed by atoms with E-state index in [-0.39, 0.29) is 29.5 Å². The van der Waals surface area contributed by atoms with Crippen LogP contribution >= 0.6 is 0 Å². The molecule has 0 N–H and O–H groups in total. The number of amides is 2. The SMILES string of the molecule is CN1c2ccccc2C(=O)N2CCc3c(n(CCC(=O)N4CC5CC(C4)c4cccc(=O)n4C5)c4ccccc34)C21. The fourth-order valence-corrected chi connectivity index (χ4v) is 8.02. The van der Waals surface area contributed by atoms with Crippen molar-refractivity contribution in [1.82, 2.24) is 18.9 Å². The number of rotatable bonds is 3. The average molecular weight is 548 g/mol. The number of pyridine rings is 1. The van der Waals surface area contributed by atoms with Gasteiger partial charge in [-0.2, -0.15) is 0 Å². The van der Waals surface area contributed by atoms with Gasteiger partial charge >= 0.3 is 0 Å². The Kier molecular flexibility index (Phi) is 5.43. The van der Waals surface area contributed by atoms with Gasteiger partial charge in [-0.1, -0.05) is 36.4 Å². The second-order valence-electron chi connectivity index (χ2n) is 12.0. The minimum atomic E-state index is -0.215. The van der Waals surface area contributed by atoms with Crippen LogP contribution < -0.4 is 10.5 Å². The third-order valence-corrected chi connectivity index (χ3v) is 9.79. The van der Waals surface area contributed by atoms with Crippen molar-refractivity contribution in [3.05, 3.63) is 99.6 Å². The second kappa shape index (κ2) is 9.09. The van der Waals surface area contributed by atoms with Gasteiger partial charge in [-0.05, 0) is 48.6 Å². The number of hydrogen-bond acceptors (Lipinski definition) is 4. The van der Waals surface area contributed by atoms with Crippen LogP contribution in [0.3, 0.4) is 0 Å². The molecule has 0 aliphatic carbocycles. The van der Waals surface area contributed by atoms with Crippen molar-refractivity contribution in [2.75, 3.05) is 31.6 Å². The van der Waals surface area contributed by atoms with Crippen molar-refractivity contribution in [2.45, 2.75) is 44.4 Å². The first-order chi connectivity index (χ1) is 20.0. The largest absolute Gasteiger partial charge is 0.349 e. The minimum absolute atomic E-state index is 0.0593. The molecule has 0 saturated carbocycles. The predicted octanol–water partition coefficient (Wildman–Crippen LogP) is 3.99. The Morgan fingerprint density at radius 3 is 2.66 bits per heavy atom. The zero-order valence-corrected chi connectivity index (χ0v) is 23.2.